The predicted molar refractivity (Wildman–Crippen MR) is 83.4 cm³/mol. The number of benzene rings is 1. The second-order valence-electron chi connectivity index (χ2n) is 4.88. The summed E-state index contributed by atoms with van der Waals surface area (Å²) in [7, 11) is -3.63. The van der Waals surface area contributed by atoms with Gasteiger partial charge in [-0.05, 0) is 43.2 Å². The molecule has 0 bridgehead atoms. The largest absolute Gasteiger partial charge is 0.324 e. The van der Waals surface area contributed by atoms with E-state index in [1.807, 2.05) is 13.0 Å². The minimum Gasteiger partial charge on any atom is -0.324 e. The maximum Gasteiger partial charge on any atom is 0.261 e. The van der Waals surface area contributed by atoms with Gasteiger partial charge in [0.05, 0.1) is 10.6 Å². The van der Waals surface area contributed by atoms with Gasteiger partial charge < -0.3 is 5.73 Å². The quantitative estimate of drug-likeness (QED) is 0.889. The normalized spacial score (nSPS) is 12.9. The van der Waals surface area contributed by atoms with Crippen molar-refractivity contribution in [3.8, 4) is 0 Å². The van der Waals surface area contributed by atoms with Gasteiger partial charge in [0.2, 0.25) is 0 Å². The lowest BCUT2D eigenvalue weighted by Crippen LogP contribution is -2.15. The maximum atomic E-state index is 12.4. The molecule has 0 aliphatic carbocycles. The Balaban J connectivity index is 2.31. The minimum atomic E-state index is -3.63. The summed E-state index contributed by atoms with van der Waals surface area (Å²) >= 11 is 0. The highest BCUT2D eigenvalue weighted by Gasteiger charge is 2.16. The highest BCUT2D eigenvalue weighted by Crippen LogP contribution is 2.20. The molecule has 21 heavy (non-hydrogen) atoms. The van der Waals surface area contributed by atoms with Crippen LogP contribution in [0.1, 0.15) is 30.6 Å². The molecule has 0 spiro atoms. The molecule has 112 valence electrons. The molecule has 0 aliphatic heterocycles. The summed E-state index contributed by atoms with van der Waals surface area (Å²) < 4.78 is 27.4. The van der Waals surface area contributed by atoms with Gasteiger partial charge in [-0.25, -0.2) is 8.42 Å². The Morgan fingerprint density at radius 2 is 2.05 bits per heavy atom. The number of hydrogen-bond donors (Lipinski definition) is 2. The number of aromatic nitrogens is 1. The molecule has 1 aromatic carbocycles. The van der Waals surface area contributed by atoms with Crippen molar-refractivity contribution >= 4 is 15.7 Å². The Hall–Kier alpha value is -1.92. The smallest absolute Gasteiger partial charge is 0.261 e. The van der Waals surface area contributed by atoms with Gasteiger partial charge in [-0.2, -0.15) is 0 Å². The van der Waals surface area contributed by atoms with Gasteiger partial charge in [0.25, 0.3) is 10.0 Å². The Labute approximate surface area is 125 Å². The predicted octanol–water partition coefficient (Wildman–Crippen LogP) is 2.60. The van der Waals surface area contributed by atoms with E-state index in [0.717, 1.165) is 17.7 Å². The zero-order chi connectivity index (χ0) is 15.5. The zero-order valence-corrected chi connectivity index (χ0v) is 12.9. The molecule has 2 aromatic rings. The summed E-state index contributed by atoms with van der Waals surface area (Å²) in [5.41, 5.74) is 8.01. The number of nitrogens with two attached hydrogens (primary N) is 1. The van der Waals surface area contributed by atoms with E-state index in [-0.39, 0.29) is 10.9 Å². The summed E-state index contributed by atoms with van der Waals surface area (Å²) in [6.07, 6.45) is 2.32. The Bertz CT molecular complexity index is 729. The van der Waals surface area contributed by atoms with Crippen LogP contribution in [0, 0.1) is 6.92 Å². The van der Waals surface area contributed by atoms with Crippen molar-refractivity contribution in [1.82, 2.24) is 4.98 Å². The van der Waals surface area contributed by atoms with Gasteiger partial charge in [0, 0.05) is 17.9 Å². The SMILES string of the molecule is CCC(N)c1cccc(S(=O)(=O)Nc2ccnc(C)c2)c1. The number of nitrogens with zero attached hydrogens (tertiary/aromatic N) is 1. The second-order valence-corrected chi connectivity index (χ2v) is 6.56. The molecule has 0 saturated heterocycles. The average Bonchev–Trinajstić information content (AvgIpc) is 2.46. The highest BCUT2D eigenvalue weighted by atomic mass is 32.2. The Morgan fingerprint density at radius 1 is 1.29 bits per heavy atom. The van der Waals surface area contributed by atoms with Crippen LogP contribution < -0.4 is 10.5 Å². The van der Waals surface area contributed by atoms with Crippen LogP contribution in [-0.2, 0) is 10.0 Å². The first-order valence-electron chi connectivity index (χ1n) is 6.73. The standard InChI is InChI=1S/C15H19N3O2S/c1-3-15(16)12-5-4-6-14(10-12)21(19,20)18-13-7-8-17-11(2)9-13/h4-10,15H,3,16H2,1-2H3,(H,17,18). The molecule has 0 fully saturated rings. The third-order valence-electron chi connectivity index (χ3n) is 3.19. The van der Waals surface area contributed by atoms with E-state index in [9.17, 15) is 8.42 Å². The number of anilines is 1. The van der Waals surface area contributed by atoms with Crippen LogP contribution in [0.15, 0.2) is 47.5 Å². The van der Waals surface area contributed by atoms with Gasteiger partial charge in [0.15, 0.2) is 0 Å². The average molecular weight is 305 g/mol. The van der Waals surface area contributed by atoms with Crippen molar-refractivity contribution in [2.45, 2.75) is 31.2 Å². The van der Waals surface area contributed by atoms with E-state index < -0.39 is 10.0 Å². The van der Waals surface area contributed by atoms with E-state index in [4.69, 9.17) is 5.73 Å². The summed E-state index contributed by atoms with van der Waals surface area (Å²) in [5, 5.41) is 0. The highest BCUT2D eigenvalue weighted by molar-refractivity contribution is 7.92. The topological polar surface area (TPSA) is 85.1 Å². The second kappa shape index (κ2) is 6.24. The van der Waals surface area contributed by atoms with Crippen molar-refractivity contribution in [3.05, 3.63) is 53.9 Å². The molecule has 5 nitrogen and oxygen atoms in total. The molecule has 1 atom stereocenters. The molecule has 0 radical (unpaired) electrons. The van der Waals surface area contributed by atoms with Gasteiger partial charge in [-0.15, -0.1) is 0 Å². The van der Waals surface area contributed by atoms with E-state index >= 15 is 0 Å². The molecule has 0 saturated carbocycles. The number of rotatable bonds is 5. The Morgan fingerprint density at radius 3 is 2.71 bits per heavy atom. The molecular formula is C15H19N3O2S. The summed E-state index contributed by atoms with van der Waals surface area (Å²) in [4.78, 5) is 4.25. The fraction of sp³-hybridized carbons (Fsp3) is 0.267. The van der Waals surface area contributed by atoms with Gasteiger partial charge in [0.1, 0.15) is 0 Å². The first-order chi connectivity index (χ1) is 9.92. The molecular weight excluding hydrogens is 286 g/mol. The van der Waals surface area contributed by atoms with E-state index in [1.54, 1.807) is 43.5 Å². The fourth-order valence-corrected chi connectivity index (χ4v) is 3.08. The number of nitrogens with one attached hydrogen (secondary N) is 1. The van der Waals surface area contributed by atoms with Gasteiger partial charge in [-0.1, -0.05) is 19.1 Å². The van der Waals surface area contributed by atoms with Crippen LogP contribution in [-0.4, -0.2) is 13.4 Å². The zero-order valence-electron chi connectivity index (χ0n) is 12.1. The van der Waals surface area contributed by atoms with Crippen LogP contribution in [0.2, 0.25) is 0 Å². The molecule has 6 heteroatoms. The molecule has 0 amide bonds. The Kier molecular flexibility index (Phi) is 4.59. The first-order valence-corrected chi connectivity index (χ1v) is 8.21. The van der Waals surface area contributed by atoms with Gasteiger partial charge >= 0.3 is 0 Å². The molecule has 3 N–H and O–H groups in total. The van der Waals surface area contributed by atoms with Crippen LogP contribution >= 0.6 is 0 Å². The maximum absolute atomic E-state index is 12.4. The van der Waals surface area contributed by atoms with Crippen molar-refractivity contribution < 1.29 is 8.42 Å². The van der Waals surface area contributed by atoms with Crippen molar-refractivity contribution in [3.63, 3.8) is 0 Å². The van der Waals surface area contributed by atoms with E-state index in [1.165, 1.54) is 0 Å². The monoisotopic (exact) mass is 305 g/mol. The first kappa shape index (κ1) is 15.5. The number of aryl methyl sites for hydroxylation is 1. The molecule has 1 unspecified atom stereocenters. The van der Waals surface area contributed by atoms with Crippen molar-refractivity contribution in [2.24, 2.45) is 5.73 Å². The lowest BCUT2D eigenvalue weighted by atomic mass is 10.1. The minimum absolute atomic E-state index is 0.164. The molecule has 2 rings (SSSR count). The molecule has 1 aromatic heterocycles. The lowest BCUT2D eigenvalue weighted by Gasteiger charge is -2.12. The number of hydrogen-bond acceptors (Lipinski definition) is 4. The van der Waals surface area contributed by atoms with Crippen molar-refractivity contribution in [1.29, 1.82) is 0 Å². The van der Waals surface area contributed by atoms with Crippen LogP contribution in [0.4, 0.5) is 5.69 Å². The third kappa shape index (κ3) is 3.80. The summed E-state index contributed by atoms with van der Waals surface area (Å²) in [6.45, 7) is 3.77. The van der Waals surface area contributed by atoms with Crippen LogP contribution in [0.3, 0.4) is 0 Å². The number of pyridine rings is 1. The number of sulfonamides is 1. The van der Waals surface area contributed by atoms with Crippen LogP contribution in [0.25, 0.3) is 0 Å². The summed E-state index contributed by atoms with van der Waals surface area (Å²) in [6, 6.07) is 9.85. The van der Waals surface area contributed by atoms with E-state index in [0.29, 0.717) is 5.69 Å². The third-order valence-corrected chi connectivity index (χ3v) is 4.56. The molecule has 1 heterocycles. The summed E-state index contributed by atoms with van der Waals surface area (Å²) in [5.74, 6) is 0. The van der Waals surface area contributed by atoms with E-state index in [2.05, 4.69) is 9.71 Å². The fourth-order valence-electron chi connectivity index (χ4n) is 1.97. The molecule has 0 aliphatic rings. The van der Waals surface area contributed by atoms with Crippen LogP contribution in [0.5, 0.6) is 0 Å². The van der Waals surface area contributed by atoms with Gasteiger partial charge in [-0.3, -0.25) is 9.71 Å². The lowest BCUT2D eigenvalue weighted by molar-refractivity contribution is 0.600. The van der Waals surface area contributed by atoms with Crippen molar-refractivity contribution in [2.75, 3.05) is 4.72 Å².